The molecule has 0 unspecified atom stereocenters. The summed E-state index contributed by atoms with van der Waals surface area (Å²) in [6.45, 7) is 0. The van der Waals surface area contributed by atoms with Crippen molar-refractivity contribution >= 4 is 17.5 Å². The smallest absolute Gasteiger partial charge is 0.160 e. The molecule has 17 heavy (non-hydrogen) atoms. The van der Waals surface area contributed by atoms with E-state index in [4.69, 9.17) is 0 Å². The molecule has 1 aliphatic rings. The Morgan fingerprint density at radius 1 is 0.882 bits per heavy atom. The number of fused-ring (bicyclic) bond motifs is 1. The minimum Gasteiger partial charge on any atom is -0.233 e. The highest BCUT2D eigenvalue weighted by Gasteiger charge is 2.10. The van der Waals surface area contributed by atoms with Gasteiger partial charge in [0.1, 0.15) is 11.3 Å². The molecule has 0 spiro atoms. The zero-order valence-electron chi connectivity index (χ0n) is 8.92. The van der Waals surface area contributed by atoms with Gasteiger partial charge in [0, 0.05) is 5.56 Å². The molecule has 0 atom stereocenters. The van der Waals surface area contributed by atoms with Crippen LogP contribution in [-0.4, -0.2) is 11.8 Å². The van der Waals surface area contributed by atoms with E-state index in [2.05, 4.69) is 9.98 Å². The lowest BCUT2D eigenvalue weighted by atomic mass is 10.2. The van der Waals surface area contributed by atoms with Crippen LogP contribution >= 0.6 is 0 Å². The highest BCUT2D eigenvalue weighted by Crippen LogP contribution is 2.13. The van der Waals surface area contributed by atoms with E-state index in [0.717, 1.165) is 11.3 Å². The molecular formula is C14H8N2O. The highest BCUT2D eigenvalue weighted by molar-refractivity contribution is 6.02. The molecule has 0 radical (unpaired) electrons. The molecule has 0 saturated carbocycles. The normalized spacial score (nSPS) is 12.4. The van der Waals surface area contributed by atoms with Crippen LogP contribution in [0.5, 0.6) is 0 Å². The maximum Gasteiger partial charge on any atom is 0.160 e. The van der Waals surface area contributed by atoms with Crippen LogP contribution in [0, 0.1) is 0 Å². The molecule has 1 heterocycles. The van der Waals surface area contributed by atoms with Crippen molar-refractivity contribution in [3.63, 3.8) is 0 Å². The van der Waals surface area contributed by atoms with Gasteiger partial charge in [-0.2, -0.15) is 0 Å². The number of para-hydroxylation sites is 1. The zero-order valence-corrected chi connectivity index (χ0v) is 8.92. The number of benzene rings is 2. The van der Waals surface area contributed by atoms with Gasteiger partial charge in [0.15, 0.2) is 5.84 Å². The Bertz CT molecular complexity index is 742. The number of hydrogen-bond donors (Lipinski definition) is 0. The van der Waals surface area contributed by atoms with Crippen molar-refractivity contribution in [2.45, 2.75) is 0 Å². The average Bonchev–Trinajstić information content (AvgIpc) is 2.83. The van der Waals surface area contributed by atoms with E-state index in [9.17, 15) is 4.79 Å². The lowest BCUT2D eigenvalue weighted by molar-refractivity contribution is 0.567. The largest absolute Gasteiger partial charge is 0.233 e. The van der Waals surface area contributed by atoms with Crippen molar-refractivity contribution in [3.8, 4) is 0 Å². The Morgan fingerprint density at radius 2 is 1.71 bits per heavy atom. The molecule has 2 aromatic carbocycles. The summed E-state index contributed by atoms with van der Waals surface area (Å²) in [7, 11) is 0. The summed E-state index contributed by atoms with van der Waals surface area (Å²) in [6.07, 6.45) is 0. The second kappa shape index (κ2) is 3.81. The fourth-order valence-corrected chi connectivity index (χ4v) is 1.78. The van der Waals surface area contributed by atoms with Gasteiger partial charge in [-0.1, -0.05) is 36.4 Å². The predicted octanol–water partition coefficient (Wildman–Crippen LogP) is 0.901. The maximum atomic E-state index is 10.8. The second-order valence-electron chi connectivity index (χ2n) is 3.69. The summed E-state index contributed by atoms with van der Waals surface area (Å²) < 4.78 is 0. The molecule has 0 aliphatic carbocycles. The Kier molecular flexibility index (Phi) is 2.18. The Morgan fingerprint density at radius 3 is 2.47 bits per heavy atom. The van der Waals surface area contributed by atoms with Crippen LogP contribution in [-0.2, 0) is 4.79 Å². The van der Waals surface area contributed by atoms with Crippen LogP contribution in [0.15, 0.2) is 58.5 Å². The fourth-order valence-electron chi connectivity index (χ4n) is 1.78. The third-order valence-corrected chi connectivity index (χ3v) is 2.60. The van der Waals surface area contributed by atoms with E-state index in [1.165, 1.54) is 0 Å². The number of aliphatic imine (C=N–C) groups is 1. The van der Waals surface area contributed by atoms with Crippen LogP contribution in [0.3, 0.4) is 0 Å². The number of nitrogens with zero attached hydrogens (tertiary/aromatic N) is 2. The summed E-state index contributed by atoms with van der Waals surface area (Å²) in [5.41, 5.74) is 1.67. The van der Waals surface area contributed by atoms with Crippen LogP contribution in [0.25, 0.3) is 0 Å². The molecular weight excluding hydrogens is 212 g/mol. The number of carbonyl (C=O) groups excluding carboxylic acids is 1. The predicted molar refractivity (Wildman–Crippen MR) is 64.7 cm³/mol. The summed E-state index contributed by atoms with van der Waals surface area (Å²) in [4.78, 5) is 19.6. The van der Waals surface area contributed by atoms with Crippen molar-refractivity contribution in [2.24, 2.45) is 9.98 Å². The standard InChI is InChI=1S/C14H8N2O/c17-9-11-7-4-8-12-13(11)16-14(15-12)10-5-2-1-3-6-10/h1-8H. The first kappa shape index (κ1) is 9.70. The highest BCUT2D eigenvalue weighted by atomic mass is 16.1. The third-order valence-electron chi connectivity index (χ3n) is 2.60. The van der Waals surface area contributed by atoms with Crippen LogP contribution in [0.4, 0.5) is 5.69 Å². The molecule has 3 heteroatoms. The van der Waals surface area contributed by atoms with Crippen LogP contribution in [0.2, 0.25) is 0 Å². The van der Waals surface area contributed by atoms with E-state index in [0.29, 0.717) is 16.4 Å². The van der Waals surface area contributed by atoms with Crippen molar-refractivity contribution < 1.29 is 4.79 Å². The second-order valence-corrected chi connectivity index (χ2v) is 3.69. The van der Waals surface area contributed by atoms with E-state index in [-0.39, 0.29) is 0 Å². The van der Waals surface area contributed by atoms with Crippen LogP contribution < -0.4 is 10.6 Å². The van der Waals surface area contributed by atoms with Crippen LogP contribution in [0.1, 0.15) is 5.56 Å². The van der Waals surface area contributed by atoms with Gasteiger partial charge in [-0.05, 0) is 12.1 Å². The molecule has 2 aromatic rings. The molecule has 3 rings (SSSR count). The first-order valence-electron chi connectivity index (χ1n) is 5.25. The van der Waals surface area contributed by atoms with Gasteiger partial charge in [-0.15, -0.1) is 0 Å². The quantitative estimate of drug-likeness (QED) is 0.704. The molecule has 80 valence electrons. The van der Waals surface area contributed by atoms with Gasteiger partial charge < -0.3 is 0 Å². The average molecular weight is 220 g/mol. The zero-order chi connectivity index (χ0) is 11.7. The molecule has 0 amide bonds. The van der Waals surface area contributed by atoms with E-state index >= 15 is 0 Å². The number of rotatable bonds is 1. The summed E-state index contributed by atoms with van der Waals surface area (Å²) in [5.74, 6) is 2.52. The van der Waals surface area contributed by atoms with Gasteiger partial charge in [-0.25, -0.2) is 14.8 Å². The third kappa shape index (κ3) is 1.59. The molecule has 1 aliphatic heterocycles. The molecule has 0 N–H and O–H groups in total. The lowest BCUT2D eigenvalue weighted by Gasteiger charge is -1.94. The lowest BCUT2D eigenvalue weighted by Crippen LogP contribution is -2.25. The van der Waals surface area contributed by atoms with Gasteiger partial charge in [0.05, 0.1) is 10.9 Å². The number of amidine groups is 1. The minimum atomic E-state index is 0.456. The molecule has 0 saturated heterocycles. The Labute approximate surface area is 97.5 Å². The molecule has 3 nitrogen and oxygen atoms in total. The van der Waals surface area contributed by atoms with Crippen molar-refractivity contribution in [2.75, 3.05) is 0 Å². The van der Waals surface area contributed by atoms with Crippen molar-refractivity contribution in [3.05, 3.63) is 64.7 Å². The summed E-state index contributed by atoms with van der Waals surface area (Å²) >= 11 is 0. The van der Waals surface area contributed by atoms with E-state index in [1.54, 1.807) is 12.1 Å². The summed E-state index contributed by atoms with van der Waals surface area (Å²) in [6, 6.07) is 15.0. The van der Waals surface area contributed by atoms with E-state index < -0.39 is 0 Å². The monoisotopic (exact) mass is 220 g/mol. The Hall–Kier alpha value is -2.51. The van der Waals surface area contributed by atoms with Gasteiger partial charge in [0.25, 0.3) is 0 Å². The minimum absolute atomic E-state index is 0.456. The molecule has 0 bridgehead atoms. The first-order chi connectivity index (χ1) is 8.38. The fraction of sp³-hybridized carbons (Fsp3) is 0. The topological polar surface area (TPSA) is 41.8 Å². The first-order valence-corrected chi connectivity index (χ1v) is 5.25. The molecule has 0 fully saturated rings. The summed E-state index contributed by atoms with van der Waals surface area (Å²) in [5, 5.41) is 1.07. The maximum absolute atomic E-state index is 10.8. The Balaban J connectivity index is 2.23. The van der Waals surface area contributed by atoms with E-state index in [1.807, 2.05) is 42.3 Å². The SMILES string of the molecule is O=C=c1cccc2c1=NC(c1ccccc1)=N2. The van der Waals surface area contributed by atoms with Gasteiger partial charge in [0.2, 0.25) is 0 Å². The van der Waals surface area contributed by atoms with Gasteiger partial charge in [-0.3, -0.25) is 0 Å². The number of hydrogen-bond acceptors (Lipinski definition) is 3. The van der Waals surface area contributed by atoms with Crippen molar-refractivity contribution in [1.82, 2.24) is 0 Å². The van der Waals surface area contributed by atoms with Crippen molar-refractivity contribution in [1.29, 1.82) is 0 Å². The van der Waals surface area contributed by atoms with Gasteiger partial charge >= 0.3 is 0 Å². The molecule has 0 aromatic heterocycles.